The normalized spacial score (nSPS) is 10.2. The van der Waals surface area contributed by atoms with E-state index in [1.807, 2.05) is 6.92 Å². The topological polar surface area (TPSA) is 120 Å². The number of amides is 1. The molecule has 0 fully saturated rings. The van der Waals surface area contributed by atoms with Crippen LogP contribution in [0.1, 0.15) is 23.0 Å². The first kappa shape index (κ1) is 16.7. The highest BCUT2D eigenvalue weighted by molar-refractivity contribution is 7.98. The van der Waals surface area contributed by atoms with E-state index in [1.54, 1.807) is 24.6 Å². The zero-order chi connectivity index (χ0) is 17.0. The van der Waals surface area contributed by atoms with E-state index in [0.717, 1.165) is 5.69 Å². The van der Waals surface area contributed by atoms with Crippen LogP contribution in [0.4, 0.5) is 11.5 Å². The summed E-state index contributed by atoms with van der Waals surface area (Å²) in [5.74, 6) is -1.44. The summed E-state index contributed by atoms with van der Waals surface area (Å²) in [7, 11) is 0. The third-order valence-corrected chi connectivity index (χ3v) is 3.25. The lowest BCUT2D eigenvalue weighted by Gasteiger charge is -2.13. The second kappa shape index (κ2) is 7.05. The van der Waals surface area contributed by atoms with Gasteiger partial charge in [-0.2, -0.15) is 4.98 Å². The number of ether oxygens (including phenoxy) is 1. The van der Waals surface area contributed by atoms with Crippen LogP contribution in [0.15, 0.2) is 23.5 Å². The lowest BCUT2D eigenvalue weighted by molar-refractivity contribution is -0.132. The third kappa shape index (κ3) is 4.16. The molecule has 0 aliphatic heterocycles. The highest BCUT2D eigenvalue weighted by atomic mass is 32.2. The largest absolute Gasteiger partial charge is 0.407 e. The van der Waals surface area contributed by atoms with Crippen molar-refractivity contribution in [2.24, 2.45) is 5.73 Å². The van der Waals surface area contributed by atoms with Gasteiger partial charge in [0, 0.05) is 12.6 Å². The van der Waals surface area contributed by atoms with E-state index in [4.69, 9.17) is 10.5 Å². The van der Waals surface area contributed by atoms with Crippen molar-refractivity contribution in [1.82, 2.24) is 15.0 Å². The van der Waals surface area contributed by atoms with Crippen LogP contribution in [0.25, 0.3) is 0 Å². The Kier molecular flexibility index (Phi) is 5.12. The molecule has 0 unspecified atom stereocenters. The lowest BCUT2D eigenvalue weighted by Crippen LogP contribution is -2.19. The Morgan fingerprint density at radius 2 is 2.04 bits per heavy atom. The molecule has 0 radical (unpaired) electrons. The third-order valence-electron chi connectivity index (χ3n) is 2.70. The van der Waals surface area contributed by atoms with Crippen molar-refractivity contribution in [2.75, 3.05) is 11.6 Å². The van der Waals surface area contributed by atoms with Crippen LogP contribution >= 0.6 is 11.8 Å². The Balaban J connectivity index is 2.52. The SMILES string of the molecule is CSc1nc(Nc2ccc(C)nc2)c(C(N)=O)c(OC(C)=O)n1. The number of pyridine rings is 1. The van der Waals surface area contributed by atoms with Gasteiger partial charge in [-0.25, -0.2) is 4.98 Å². The molecule has 120 valence electrons. The maximum Gasteiger partial charge on any atom is 0.309 e. The molecular formula is C14H15N5O3S. The summed E-state index contributed by atoms with van der Waals surface area (Å²) in [4.78, 5) is 35.4. The minimum atomic E-state index is -0.809. The molecular weight excluding hydrogens is 318 g/mol. The molecule has 0 bridgehead atoms. The van der Waals surface area contributed by atoms with Gasteiger partial charge >= 0.3 is 5.97 Å². The van der Waals surface area contributed by atoms with Crippen molar-refractivity contribution in [1.29, 1.82) is 0 Å². The van der Waals surface area contributed by atoms with Crippen LogP contribution in [-0.4, -0.2) is 33.1 Å². The van der Waals surface area contributed by atoms with E-state index in [1.165, 1.54) is 18.7 Å². The summed E-state index contributed by atoms with van der Waals surface area (Å²) >= 11 is 1.24. The molecule has 0 atom stereocenters. The average Bonchev–Trinajstić information content (AvgIpc) is 2.48. The van der Waals surface area contributed by atoms with Crippen molar-refractivity contribution < 1.29 is 14.3 Å². The van der Waals surface area contributed by atoms with Gasteiger partial charge in [0.05, 0.1) is 11.9 Å². The van der Waals surface area contributed by atoms with Gasteiger partial charge < -0.3 is 15.8 Å². The fourth-order valence-corrected chi connectivity index (χ4v) is 2.07. The summed E-state index contributed by atoms with van der Waals surface area (Å²) in [6.45, 7) is 3.07. The number of nitrogens with one attached hydrogen (secondary N) is 1. The Bertz CT molecular complexity index is 749. The molecule has 0 saturated heterocycles. The van der Waals surface area contributed by atoms with Crippen molar-refractivity contribution in [3.05, 3.63) is 29.6 Å². The van der Waals surface area contributed by atoms with Gasteiger partial charge in [0.1, 0.15) is 5.56 Å². The van der Waals surface area contributed by atoms with Gasteiger partial charge in [0.2, 0.25) is 5.88 Å². The molecule has 0 saturated carbocycles. The van der Waals surface area contributed by atoms with Crippen LogP contribution in [0, 0.1) is 6.92 Å². The van der Waals surface area contributed by atoms with Gasteiger partial charge in [0.15, 0.2) is 11.0 Å². The first-order chi connectivity index (χ1) is 10.9. The second-order valence-electron chi connectivity index (χ2n) is 4.51. The van der Waals surface area contributed by atoms with Gasteiger partial charge in [-0.05, 0) is 25.3 Å². The van der Waals surface area contributed by atoms with Crippen LogP contribution in [0.2, 0.25) is 0 Å². The van der Waals surface area contributed by atoms with Gasteiger partial charge in [-0.1, -0.05) is 11.8 Å². The Morgan fingerprint density at radius 1 is 1.30 bits per heavy atom. The first-order valence-corrected chi connectivity index (χ1v) is 7.77. The lowest BCUT2D eigenvalue weighted by atomic mass is 10.2. The van der Waals surface area contributed by atoms with E-state index in [-0.39, 0.29) is 17.3 Å². The van der Waals surface area contributed by atoms with Crippen molar-refractivity contribution in [2.45, 2.75) is 19.0 Å². The number of rotatable bonds is 5. The van der Waals surface area contributed by atoms with Crippen molar-refractivity contribution in [3.8, 4) is 5.88 Å². The van der Waals surface area contributed by atoms with Crippen molar-refractivity contribution >= 4 is 35.1 Å². The summed E-state index contributed by atoms with van der Waals surface area (Å²) in [6, 6.07) is 3.58. The molecule has 2 rings (SSSR count). The molecule has 0 aromatic carbocycles. The number of nitrogens with zero attached hydrogens (tertiary/aromatic N) is 3. The van der Waals surface area contributed by atoms with Crippen LogP contribution in [-0.2, 0) is 4.79 Å². The molecule has 9 heteroatoms. The van der Waals surface area contributed by atoms with Crippen LogP contribution < -0.4 is 15.8 Å². The molecule has 8 nitrogen and oxygen atoms in total. The number of hydrogen-bond donors (Lipinski definition) is 2. The Morgan fingerprint density at radius 3 is 2.57 bits per heavy atom. The maximum absolute atomic E-state index is 11.8. The predicted molar refractivity (Wildman–Crippen MR) is 85.9 cm³/mol. The monoisotopic (exact) mass is 333 g/mol. The van der Waals surface area contributed by atoms with Crippen LogP contribution in [0.5, 0.6) is 5.88 Å². The summed E-state index contributed by atoms with van der Waals surface area (Å²) in [6.07, 6.45) is 3.35. The first-order valence-electron chi connectivity index (χ1n) is 6.54. The average molecular weight is 333 g/mol. The van der Waals surface area contributed by atoms with E-state index < -0.39 is 11.9 Å². The van der Waals surface area contributed by atoms with E-state index >= 15 is 0 Å². The Hall–Kier alpha value is -2.68. The zero-order valence-corrected chi connectivity index (χ0v) is 13.6. The number of thioether (sulfide) groups is 1. The van der Waals surface area contributed by atoms with E-state index in [2.05, 4.69) is 20.3 Å². The number of nitrogens with two attached hydrogens (primary N) is 1. The number of aryl methyl sites for hydroxylation is 1. The van der Waals surface area contributed by atoms with Gasteiger partial charge in [-0.15, -0.1) is 0 Å². The summed E-state index contributed by atoms with van der Waals surface area (Å²) in [5, 5.41) is 3.28. The maximum atomic E-state index is 11.8. The number of anilines is 2. The number of carbonyl (C=O) groups is 2. The van der Waals surface area contributed by atoms with E-state index in [9.17, 15) is 9.59 Å². The van der Waals surface area contributed by atoms with Gasteiger partial charge in [0.25, 0.3) is 5.91 Å². The Labute approximate surface area is 136 Å². The van der Waals surface area contributed by atoms with Crippen LogP contribution in [0.3, 0.4) is 0 Å². The highest BCUT2D eigenvalue weighted by Crippen LogP contribution is 2.28. The number of primary amides is 1. The smallest absolute Gasteiger partial charge is 0.309 e. The molecule has 2 aromatic heterocycles. The molecule has 23 heavy (non-hydrogen) atoms. The fraction of sp³-hybridized carbons (Fsp3) is 0.214. The summed E-state index contributed by atoms with van der Waals surface area (Å²) in [5.41, 5.74) is 6.74. The minimum Gasteiger partial charge on any atom is -0.407 e. The molecule has 3 N–H and O–H groups in total. The highest BCUT2D eigenvalue weighted by Gasteiger charge is 2.22. The van der Waals surface area contributed by atoms with Crippen molar-refractivity contribution in [3.63, 3.8) is 0 Å². The zero-order valence-electron chi connectivity index (χ0n) is 12.8. The molecule has 2 heterocycles. The number of esters is 1. The minimum absolute atomic E-state index is 0.0985. The second-order valence-corrected chi connectivity index (χ2v) is 5.28. The molecule has 0 aliphatic rings. The fourth-order valence-electron chi connectivity index (χ4n) is 1.71. The molecule has 0 spiro atoms. The summed E-state index contributed by atoms with van der Waals surface area (Å²) < 4.78 is 4.99. The number of aromatic nitrogens is 3. The number of carbonyl (C=O) groups excluding carboxylic acids is 2. The molecule has 0 aliphatic carbocycles. The molecule has 2 aromatic rings. The quantitative estimate of drug-likeness (QED) is 0.481. The molecule has 1 amide bonds. The predicted octanol–water partition coefficient (Wildman–Crippen LogP) is 1.67. The standard InChI is InChI=1S/C14H15N5O3S/c1-7-4-5-9(6-16-7)17-12-10(11(15)21)13(22-8(2)20)19-14(18-12)23-3/h4-6H,1-3H3,(H2,15,21)(H,17,18,19). The number of hydrogen-bond acceptors (Lipinski definition) is 8. The van der Waals surface area contributed by atoms with Gasteiger partial charge in [-0.3, -0.25) is 14.6 Å². The van der Waals surface area contributed by atoms with E-state index in [0.29, 0.717) is 10.8 Å².